The van der Waals surface area contributed by atoms with Crippen LogP contribution in [0.5, 0.6) is 0 Å². The van der Waals surface area contributed by atoms with E-state index in [2.05, 4.69) is 217 Å². The average molecular weight is 730 g/mol. The van der Waals surface area contributed by atoms with Crippen LogP contribution in [-0.4, -0.2) is 4.57 Å². The monoisotopic (exact) mass is 729 g/mol. The summed E-state index contributed by atoms with van der Waals surface area (Å²) in [6.45, 7) is 0. The van der Waals surface area contributed by atoms with Gasteiger partial charge in [0, 0.05) is 42.2 Å². The van der Waals surface area contributed by atoms with E-state index in [1.807, 2.05) is 11.3 Å². The molecule has 0 aliphatic rings. The standard InChI is InChI=1S/C54H35NS/c1-4-15-36(16-5-1)38-19-14-20-39(29-38)41-30-42(40-27-28-47-46-23-10-12-25-51(46)55(52(47)35-40)45-21-8-3-9-22-45)32-43(31-41)44-33-49(37-17-6-2-7-18-37)54-50(34-44)48-24-11-13-26-53(48)56-54/h1-35H. The minimum absolute atomic E-state index is 1.16. The van der Waals surface area contributed by atoms with Crippen molar-refractivity contribution in [1.29, 1.82) is 0 Å². The van der Waals surface area contributed by atoms with Crippen LogP contribution in [0.4, 0.5) is 0 Å². The number of benzene rings is 9. The summed E-state index contributed by atoms with van der Waals surface area (Å²) in [5.74, 6) is 0. The SMILES string of the molecule is c1ccc(-c2cccc(-c3cc(-c4cc(-c5ccccc5)c5sc6ccccc6c5c4)cc(-c4ccc5c6ccccc6n(-c6ccccc6)c5c4)c3)c2)cc1. The van der Waals surface area contributed by atoms with Crippen LogP contribution >= 0.6 is 11.3 Å². The quantitative estimate of drug-likeness (QED) is 0.161. The van der Waals surface area contributed by atoms with Gasteiger partial charge in [0.05, 0.1) is 11.0 Å². The highest BCUT2D eigenvalue weighted by Crippen LogP contribution is 2.44. The van der Waals surface area contributed by atoms with Crippen LogP contribution in [0.2, 0.25) is 0 Å². The van der Waals surface area contributed by atoms with Crippen LogP contribution in [0.3, 0.4) is 0 Å². The summed E-state index contributed by atoms with van der Waals surface area (Å²) in [6.07, 6.45) is 0. The number of rotatable bonds is 6. The third-order valence-electron chi connectivity index (χ3n) is 11.2. The summed E-state index contributed by atoms with van der Waals surface area (Å²) < 4.78 is 5.04. The highest BCUT2D eigenvalue weighted by molar-refractivity contribution is 7.26. The molecule has 0 N–H and O–H groups in total. The van der Waals surface area contributed by atoms with Crippen molar-refractivity contribution in [3.05, 3.63) is 212 Å². The molecule has 2 heterocycles. The second-order valence-electron chi connectivity index (χ2n) is 14.5. The maximum Gasteiger partial charge on any atom is 0.0547 e. The Hall–Kier alpha value is -7.00. The molecule has 11 aromatic rings. The lowest BCUT2D eigenvalue weighted by molar-refractivity contribution is 1.18. The Morgan fingerprint density at radius 2 is 0.804 bits per heavy atom. The van der Waals surface area contributed by atoms with Gasteiger partial charge < -0.3 is 4.57 Å². The zero-order valence-electron chi connectivity index (χ0n) is 30.6. The summed E-state index contributed by atoms with van der Waals surface area (Å²) >= 11 is 1.89. The molecule has 0 aliphatic heterocycles. The van der Waals surface area contributed by atoms with E-state index >= 15 is 0 Å². The highest BCUT2D eigenvalue weighted by atomic mass is 32.1. The van der Waals surface area contributed by atoms with Gasteiger partial charge in [0.25, 0.3) is 0 Å². The molecule has 0 unspecified atom stereocenters. The van der Waals surface area contributed by atoms with Crippen molar-refractivity contribution in [3.63, 3.8) is 0 Å². The van der Waals surface area contributed by atoms with Gasteiger partial charge in [-0.15, -0.1) is 11.3 Å². The Balaban J connectivity index is 1.17. The smallest absolute Gasteiger partial charge is 0.0547 e. The number of thiophene rings is 1. The van der Waals surface area contributed by atoms with Crippen LogP contribution in [0.25, 0.3) is 103 Å². The van der Waals surface area contributed by atoms with Crippen LogP contribution in [0, 0.1) is 0 Å². The Kier molecular flexibility index (Phi) is 7.75. The lowest BCUT2D eigenvalue weighted by Crippen LogP contribution is -1.93. The number of nitrogens with zero attached hydrogens (tertiary/aromatic N) is 1. The van der Waals surface area contributed by atoms with Crippen molar-refractivity contribution in [2.45, 2.75) is 0 Å². The first-order valence-electron chi connectivity index (χ1n) is 19.2. The molecule has 262 valence electrons. The minimum Gasteiger partial charge on any atom is -0.309 e. The molecule has 2 heteroatoms. The lowest BCUT2D eigenvalue weighted by Gasteiger charge is -2.15. The first kappa shape index (κ1) is 32.4. The number of aromatic nitrogens is 1. The molecule has 0 radical (unpaired) electrons. The van der Waals surface area contributed by atoms with Crippen molar-refractivity contribution in [2.75, 3.05) is 0 Å². The van der Waals surface area contributed by atoms with Crippen molar-refractivity contribution >= 4 is 53.3 Å². The van der Waals surface area contributed by atoms with Gasteiger partial charge in [-0.05, 0) is 117 Å². The molecule has 0 bridgehead atoms. The summed E-state index contributed by atoms with van der Waals surface area (Å²) in [6, 6.07) is 77.8. The fourth-order valence-corrected chi connectivity index (χ4v) is 9.69. The van der Waals surface area contributed by atoms with Gasteiger partial charge in [-0.2, -0.15) is 0 Å². The van der Waals surface area contributed by atoms with Crippen LogP contribution in [0.15, 0.2) is 212 Å². The van der Waals surface area contributed by atoms with E-state index < -0.39 is 0 Å². The third kappa shape index (κ3) is 5.54. The number of hydrogen-bond acceptors (Lipinski definition) is 1. The topological polar surface area (TPSA) is 4.93 Å². The van der Waals surface area contributed by atoms with Crippen molar-refractivity contribution in [2.24, 2.45) is 0 Å². The number of hydrogen-bond donors (Lipinski definition) is 0. The molecule has 0 aliphatic carbocycles. The van der Waals surface area contributed by atoms with Crippen LogP contribution in [-0.2, 0) is 0 Å². The largest absolute Gasteiger partial charge is 0.309 e. The minimum atomic E-state index is 1.16. The molecule has 0 spiro atoms. The molecule has 0 saturated carbocycles. The maximum absolute atomic E-state index is 2.42. The molecule has 56 heavy (non-hydrogen) atoms. The Labute approximate surface area is 330 Å². The van der Waals surface area contributed by atoms with Gasteiger partial charge in [0.1, 0.15) is 0 Å². The molecule has 2 aromatic heterocycles. The second kappa shape index (κ2) is 13.4. The zero-order chi connectivity index (χ0) is 37.0. The Morgan fingerprint density at radius 1 is 0.286 bits per heavy atom. The normalized spacial score (nSPS) is 11.6. The molecule has 0 atom stereocenters. The zero-order valence-corrected chi connectivity index (χ0v) is 31.4. The fraction of sp³-hybridized carbons (Fsp3) is 0. The molecule has 0 amide bonds. The van der Waals surface area contributed by atoms with E-state index in [-0.39, 0.29) is 0 Å². The molecule has 0 saturated heterocycles. The van der Waals surface area contributed by atoms with Gasteiger partial charge in [-0.3, -0.25) is 0 Å². The summed E-state index contributed by atoms with van der Waals surface area (Å²) in [4.78, 5) is 0. The third-order valence-corrected chi connectivity index (χ3v) is 12.4. The maximum atomic E-state index is 2.42. The van der Waals surface area contributed by atoms with E-state index in [9.17, 15) is 0 Å². The van der Waals surface area contributed by atoms with Gasteiger partial charge >= 0.3 is 0 Å². The molecular weight excluding hydrogens is 695 g/mol. The van der Waals surface area contributed by atoms with E-state index in [0.29, 0.717) is 0 Å². The van der Waals surface area contributed by atoms with Crippen molar-refractivity contribution in [3.8, 4) is 61.3 Å². The van der Waals surface area contributed by atoms with E-state index in [0.717, 1.165) is 5.69 Å². The summed E-state index contributed by atoms with van der Waals surface area (Å²) in [5, 5.41) is 5.11. The first-order chi connectivity index (χ1) is 27.7. The Bertz CT molecular complexity index is 3230. The predicted molar refractivity (Wildman–Crippen MR) is 241 cm³/mol. The molecule has 0 fully saturated rings. The van der Waals surface area contributed by atoms with Crippen LogP contribution in [0.1, 0.15) is 0 Å². The van der Waals surface area contributed by atoms with Gasteiger partial charge in [0.2, 0.25) is 0 Å². The summed E-state index contributed by atoms with van der Waals surface area (Å²) in [5.41, 5.74) is 15.7. The number of fused-ring (bicyclic) bond motifs is 6. The van der Waals surface area contributed by atoms with Crippen LogP contribution < -0.4 is 0 Å². The number of para-hydroxylation sites is 2. The lowest BCUT2D eigenvalue weighted by atomic mass is 9.90. The second-order valence-corrected chi connectivity index (χ2v) is 15.6. The van der Waals surface area contributed by atoms with Gasteiger partial charge in [-0.1, -0.05) is 146 Å². The Morgan fingerprint density at radius 3 is 1.55 bits per heavy atom. The molecule has 11 rings (SSSR count). The van der Waals surface area contributed by atoms with E-state index in [1.54, 1.807) is 0 Å². The van der Waals surface area contributed by atoms with E-state index in [1.165, 1.54) is 97.6 Å². The fourth-order valence-electron chi connectivity index (χ4n) is 8.47. The van der Waals surface area contributed by atoms with Gasteiger partial charge in [0.15, 0.2) is 0 Å². The van der Waals surface area contributed by atoms with Gasteiger partial charge in [-0.25, -0.2) is 0 Å². The predicted octanol–water partition coefficient (Wildman–Crippen LogP) is 15.5. The molecular formula is C54H35NS. The van der Waals surface area contributed by atoms with E-state index in [4.69, 9.17) is 0 Å². The highest BCUT2D eigenvalue weighted by Gasteiger charge is 2.17. The summed E-state index contributed by atoms with van der Waals surface area (Å²) in [7, 11) is 0. The van der Waals surface area contributed by atoms with Crippen molar-refractivity contribution < 1.29 is 0 Å². The first-order valence-corrected chi connectivity index (χ1v) is 20.0. The molecule has 1 nitrogen and oxygen atoms in total. The molecule has 9 aromatic carbocycles. The van der Waals surface area contributed by atoms with Crippen molar-refractivity contribution in [1.82, 2.24) is 4.57 Å². The average Bonchev–Trinajstić information content (AvgIpc) is 3.82.